The van der Waals surface area contributed by atoms with Crippen molar-refractivity contribution >= 4 is 14.3 Å². The van der Waals surface area contributed by atoms with Crippen LogP contribution in [-0.2, 0) is 19.5 Å². The summed E-state index contributed by atoms with van der Waals surface area (Å²) < 4.78 is 12.4. The third kappa shape index (κ3) is 6.27. The summed E-state index contributed by atoms with van der Waals surface area (Å²) in [6.45, 7) is 14.7. The van der Waals surface area contributed by atoms with Gasteiger partial charge in [0, 0.05) is 20.0 Å². The van der Waals surface area contributed by atoms with Gasteiger partial charge in [-0.05, 0) is 52.9 Å². The van der Waals surface area contributed by atoms with Gasteiger partial charge in [-0.1, -0.05) is 112 Å². The van der Waals surface area contributed by atoms with Crippen molar-refractivity contribution in [1.29, 1.82) is 0 Å². The van der Waals surface area contributed by atoms with E-state index in [0.717, 1.165) is 13.0 Å². The Labute approximate surface area is 235 Å². The minimum absolute atomic E-state index is 0.00211. The predicted octanol–water partition coefficient (Wildman–Crippen LogP) is 7.56. The van der Waals surface area contributed by atoms with Gasteiger partial charge in [-0.3, -0.25) is 9.69 Å². The van der Waals surface area contributed by atoms with E-state index in [2.05, 4.69) is 136 Å². The Morgan fingerprint density at radius 2 is 1.33 bits per heavy atom. The van der Waals surface area contributed by atoms with E-state index in [1.165, 1.54) is 29.2 Å². The molecule has 1 atom stereocenters. The van der Waals surface area contributed by atoms with E-state index in [1.807, 2.05) is 0 Å². The highest BCUT2D eigenvalue weighted by Gasteiger charge is 2.46. The monoisotopic (exact) mass is 541 g/mol. The molecule has 3 aromatic rings. The van der Waals surface area contributed by atoms with Gasteiger partial charge in [0.1, 0.15) is 6.61 Å². The molecule has 1 saturated heterocycles. The molecule has 0 bridgehead atoms. The number of benzene rings is 3. The van der Waals surface area contributed by atoms with Gasteiger partial charge in [0.2, 0.25) is 0 Å². The van der Waals surface area contributed by atoms with Crippen molar-refractivity contribution in [2.75, 3.05) is 19.7 Å². The van der Waals surface area contributed by atoms with E-state index in [0.29, 0.717) is 6.54 Å². The second kappa shape index (κ2) is 12.0. The highest BCUT2D eigenvalue weighted by Crippen LogP contribution is 2.45. The van der Waals surface area contributed by atoms with Crippen LogP contribution < -0.4 is 0 Å². The number of nitrogens with zero attached hydrogens (tertiary/aromatic N) is 1. The lowest BCUT2D eigenvalue weighted by Gasteiger charge is -2.50. The minimum atomic E-state index is -2.02. The smallest absolute Gasteiger partial charge is 0.302 e. The fourth-order valence-corrected chi connectivity index (χ4v) is 6.69. The van der Waals surface area contributed by atoms with Crippen molar-refractivity contribution in [1.82, 2.24) is 4.90 Å². The van der Waals surface area contributed by atoms with Crippen LogP contribution in [0.25, 0.3) is 0 Å². The molecule has 0 saturated carbocycles. The molecule has 1 aliphatic rings. The Balaban J connectivity index is 1.84. The van der Waals surface area contributed by atoms with Crippen molar-refractivity contribution in [2.24, 2.45) is 0 Å². The lowest BCUT2D eigenvalue weighted by atomic mass is 9.74. The molecular formula is C34H43NO3Si. The van der Waals surface area contributed by atoms with E-state index in [1.54, 1.807) is 0 Å². The van der Waals surface area contributed by atoms with Crippen LogP contribution in [0.3, 0.4) is 0 Å². The van der Waals surface area contributed by atoms with Crippen molar-refractivity contribution < 1.29 is 14.0 Å². The van der Waals surface area contributed by atoms with E-state index >= 15 is 0 Å². The molecule has 1 unspecified atom stereocenters. The number of rotatable bonds is 8. The maximum absolute atomic E-state index is 11.6. The van der Waals surface area contributed by atoms with Gasteiger partial charge in [-0.15, -0.1) is 0 Å². The fourth-order valence-electron chi connectivity index (χ4n) is 5.36. The van der Waals surface area contributed by atoms with E-state index in [4.69, 9.17) is 9.16 Å². The average molecular weight is 542 g/mol. The molecule has 39 heavy (non-hydrogen) atoms. The fraction of sp³-hybridized carbons (Fsp3) is 0.382. The molecule has 0 radical (unpaired) electrons. The number of carbonyl (C=O) groups excluding carboxylic acids is 1. The van der Waals surface area contributed by atoms with Crippen LogP contribution in [0.5, 0.6) is 0 Å². The molecule has 0 amide bonds. The second-order valence-electron chi connectivity index (χ2n) is 12.0. The molecule has 206 valence electrons. The van der Waals surface area contributed by atoms with Crippen molar-refractivity contribution in [2.45, 2.75) is 63.9 Å². The van der Waals surface area contributed by atoms with Crippen LogP contribution >= 0.6 is 0 Å². The number of esters is 1. The number of piperidine rings is 1. The Morgan fingerprint density at radius 1 is 0.872 bits per heavy atom. The quantitative estimate of drug-likeness (QED) is 0.128. The maximum Gasteiger partial charge on any atom is 0.302 e. The molecule has 1 fully saturated rings. The third-order valence-electron chi connectivity index (χ3n) is 8.37. The van der Waals surface area contributed by atoms with Crippen LogP contribution in [0.2, 0.25) is 18.1 Å². The SMILES string of the molecule is CC(=O)OCC=C1CN(C(c2ccccc2)(c2ccccc2)c2ccccc2)CCC1O[Si](C)(C)C(C)(C)C. The molecule has 4 rings (SSSR count). The lowest BCUT2D eigenvalue weighted by Crippen LogP contribution is -2.55. The number of likely N-dealkylation sites (tertiary alicyclic amines) is 1. The van der Waals surface area contributed by atoms with E-state index in [9.17, 15) is 4.79 Å². The normalized spacial score (nSPS) is 18.2. The van der Waals surface area contributed by atoms with E-state index < -0.39 is 13.9 Å². The zero-order chi connectivity index (χ0) is 28.1. The molecule has 0 aliphatic carbocycles. The molecule has 0 aromatic heterocycles. The molecule has 5 heteroatoms. The number of carbonyl (C=O) groups is 1. The summed E-state index contributed by atoms with van der Waals surface area (Å²) in [6.07, 6.45) is 2.95. The van der Waals surface area contributed by atoms with Gasteiger partial charge in [-0.25, -0.2) is 0 Å². The number of hydrogen-bond donors (Lipinski definition) is 0. The maximum atomic E-state index is 11.6. The molecule has 4 nitrogen and oxygen atoms in total. The van der Waals surface area contributed by atoms with Crippen LogP contribution in [0.1, 0.15) is 50.8 Å². The summed E-state index contributed by atoms with van der Waals surface area (Å²) in [5.41, 5.74) is 4.37. The van der Waals surface area contributed by atoms with Gasteiger partial charge >= 0.3 is 5.97 Å². The van der Waals surface area contributed by atoms with Gasteiger partial charge in [0.15, 0.2) is 8.32 Å². The summed E-state index contributed by atoms with van der Waals surface area (Å²) >= 11 is 0. The first-order valence-corrected chi connectivity index (χ1v) is 16.9. The molecule has 1 aliphatic heterocycles. The van der Waals surface area contributed by atoms with Crippen molar-refractivity contribution in [3.8, 4) is 0 Å². The molecule has 3 aromatic carbocycles. The average Bonchev–Trinajstić information content (AvgIpc) is 2.91. The summed E-state index contributed by atoms with van der Waals surface area (Å²) in [5, 5.41) is 0.104. The summed E-state index contributed by atoms with van der Waals surface area (Å²) in [7, 11) is -2.02. The van der Waals surface area contributed by atoms with Crippen molar-refractivity contribution in [3.63, 3.8) is 0 Å². The van der Waals surface area contributed by atoms with Crippen molar-refractivity contribution in [3.05, 3.63) is 119 Å². The Kier molecular flexibility index (Phi) is 8.95. The summed E-state index contributed by atoms with van der Waals surface area (Å²) in [4.78, 5) is 14.2. The standard InChI is InChI=1S/C34H43NO3Si/c1-27(36)37-25-23-28-26-35(24-22-32(28)38-39(5,6)33(2,3)4)34(29-16-10-7-11-17-29,30-18-12-8-13-19-30)31-20-14-9-15-21-31/h7-21,23,32H,22,24-26H2,1-6H3. The zero-order valence-electron chi connectivity index (χ0n) is 24.3. The highest BCUT2D eigenvalue weighted by molar-refractivity contribution is 6.74. The first-order chi connectivity index (χ1) is 18.6. The highest BCUT2D eigenvalue weighted by atomic mass is 28.4. The van der Waals surface area contributed by atoms with Crippen LogP contribution in [0.4, 0.5) is 0 Å². The van der Waals surface area contributed by atoms with Gasteiger partial charge in [-0.2, -0.15) is 0 Å². The topological polar surface area (TPSA) is 38.8 Å². The first-order valence-electron chi connectivity index (χ1n) is 14.0. The second-order valence-corrected chi connectivity index (χ2v) is 16.7. The number of hydrogen-bond acceptors (Lipinski definition) is 4. The number of ether oxygens (including phenoxy) is 1. The summed E-state index contributed by atoms with van der Waals surface area (Å²) in [6, 6.07) is 32.4. The largest absolute Gasteiger partial charge is 0.462 e. The van der Waals surface area contributed by atoms with Gasteiger partial charge in [0.05, 0.1) is 11.6 Å². The minimum Gasteiger partial charge on any atom is -0.462 e. The van der Waals surface area contributed by atoms with Crippen LogP contribution in [0, 0.1) is 0 Å². The molecular weight excluding hydrogens is 498 g/mol. The summed E-state index contributed by atoms with van der Waals surface area (Å²) in [5.74, 6) is -0.270. The van der Waals surface area contributed by atoms with E-state index in [-0.39, 0.29) is 23.7 Å². The van der Waals surface area contributed by atoms with Crippen LogP contribution in [0.15, 0.2) is 103 Å². The molecule has 0 spiro atoms. The Morgan fingerprint density at radius 3 is 1.74 bits per heavy atom. The third-order valence-corrected chi connectivity index (χ3v) is 12.9. The van der Waals surface area contributed by atoms with Gasteiger partial charge < -0.3 is 9.16 Å². The van der Waals surface area contributed by atoms with Gasteiger partial charge in [0.25, 0.3) is 0 Å². The Bertz CT molecular complexity index is 1150. The molecule has 1 heterocycles. The lowest BCUT2D eigenvalue weighted by molar-refractivity contribution is -0.139. The Hall–Kier alpha value is -2.99. The predicted molar refractivity (Wildman–Crippen MR) is 162 cm³/mol. The first kappa shape index (κ1) is 29.0. The molecule has 0 N–H and O–H groups in total. The van der Waals surface area contributed by atoms with Crippen LogP contribution in [-0.4, -0.2) is 45.0 Å². The zero-order valence-corrected chi connectivity index (χ0v) is 25.3.